The van der Waals surface area contributed by atoms with Gasteiger partial charge in [-0.1, -0.05) is 58.6 Å². The quantitative estimate of drug-likeness (QED) is 0.268. The van der Waals surface area contributed by atoms with Crippen molar-refractivity contribution in [3.8, 4) is 5.69 Å². The molecule has 0 bridgehead atoms. The maximum Gasteiger partial charge on any atom is 0.266 e. The number of halogens is 1. The lowest BCUT2D eigenvalue weighted by Crippen LogP contribution is -2.41. The molecule has 3 aromatic rings. The number of benzene rings is 2. The van der Waals surface area contributed by atoms with E-state index in [0.717, 1.165) is 44.9 Å². The Labute approximate surface area is 208 Å². The minimum atomic E-state index is -0.419. The zero-order chi connectivity index (χ0) is 25.4. The molecule has 2 unspecified atom stereocenters. The fourth-order valence-electron chi connectivity index (χ4n) is 4.62. The molecule has 188 valence electrons. The molecule has 0 radical (unpaired) electrons. The van der Waals surface area contributed by atoms with Crippen LogP contribution < -0.4 is 5.56 Å². The second kappa shape index (κ2) is 12.6. The van der Waals surface area contributed by atoms with E-state index >= 15 is 0 Å². The van der Waals surface area contributed by atoms with E-state index < -0.39 is 6.04 Å². The lowest BCUT2D eigenvalue weighted by Gasteiger charge is -2.33. The van der Waals surface area contributed by atoms with E-state index in [4.69, 9.17) is 4.98 Å². The van der Waals surface area contributed by atoms with Gasteiger partial charge in [-0.25, -0.2) is 9.37 Å². The van der Waals surface area contributed by atoms with Crippen molar-refractivity contribution >= 4 is 16.8 Å². The van der Waals surface area contributed by atoms with Gasteiger partial charge in [0.1, 0.15) is 11.6 Å². The monoisotopic (exact) mass is 479 g/mol. The second-order valence-corrected chi connectivity index (χ2v) is 9.27. The average molecular weight is 480 g/mol. The number of hydrogen-bond acceptors (Lipinski definition) is 3. The molecule has 0 saturated heterocycles. The SMILES string of the molecule is CCCCCN(C(=O)C(CC)CCCC)C(C)c1nc2ccccc2c(=O)n1-c1ccc(F)cc1. The van der Waals surface area contributed by atoms with Gasteiger partial charge in [0.15, 0.2) is 0 Å². The van der Waals surface area contributed by atoms with Crippen LogP contribution in [0.25, 0.3) is 16.6 Å². The summed E-state index contributed by atoms with van der Waals surface area (Å²) in [5.41, 5.74) is 0.912. The summed E-state index contributed by atoms with van der Waals surface area (Å²) in [4.78, 5) is 34.2. The summed E-state index contributed by atoms with van der Waals surface area (Å²) in [6.07, 6.45) is 6.67. The number of fused-ring (bicyclic) bond motifs is 1. The molecule has 3 rings (SSSR count). The van der Waals surface area contributed by atoms with Crippen LogP contribution in [0, 0.1) is 11.7 Å². The van der Waals surface area contributed by atoms with Gasteiger partial charge in [-0.15, -0.1) is 0 Å². The first-order valence-corrected chi connectivity index (χ1v) is 13.0. The first-order valence-electron chi connectivity index (χ1n) is 13.0. The predicted molar refractivity (Wildman–Crippen MR) is 140 cm³/mol. The van der Waals surface area contributed by atoms with Crippen molar-refractivity contribution in [1.82, 2.24) is 14.5 Å². The average Bonchev–Trinajstić information content (AvgIpc) is 2.87. The topological polar surface area (TPSA) is 55.2 Å². The minimum absolute atomic E-state index is 0.0505. The van der Waals surface area contributed by atoms with Gasteiger partial charge < -0.3 is 4.90 Å². The van der Waals surface area contributed by atoms with Gasteiger partial charge in [-0.3, -0.25) is 14.2 Å². The molecule has 6 heteroatoms. The first kappa shape index (κ1) is 26.6. The van der Waals surface area contributed by atoms with E-state index in [1.807, 2.05) is 30.0 Å². The van der Waals surface area contributed by atoms with E-state index in [2.05, 4.69) is 20.8 Å². The Hall–Kier alpha value is -3.02. The van der Waals surface area contributed by atoms with E-state index in [-0.39, 0.29) is 23.2 Å². The number of amides is 1. The maximum atomic E-state index is 13.8. The summed E-state index contributed by atoms with van der Waals surface area (Å²) in [5, 5.41) is 0.492. The number of unbranched alkanes of at least 4 members (excludes halogenated alkanes) is 3. The summed E-state index contributed by atoms with van der Waals surface area (Å²) >= 11 is 0. The Morgan fingerprint density at radius 3 is 2.34 bits per heavy atom. The third-order valence-electron chi connectivity index (χ3n) is 6.76. The molecule has 2 atom stereocenters. The summed E-state index contributed by atoms with van der Waals surface area (Å²) in [7, 11) is 0. The lowest BCUT2D eigenvalue weighted by atomic mass is 9.96. The van der Waals surface area contributed by atoms with Crippen molar-refractivity contribution in [2.24, 2.45) is 5.92 Å². The molecule has 5 nitrogen and oxygen atoms in total. The Morgan fingerprint density at radius 2 is 1.69 bits per heavy atom. The zero-order valence-corrected chi connectivity index (χ0v) is 21.5. The van der Waals surface area contributed by atoms with Crippen LogP contribution in [-0.4, -0.2) is 26.9 Å². The highest BCUT2D eigenvalue weighted by Crippen LogP contribution is 2.27. The van der Waals surface area contributed by atoms with E-state index in [9.17, 15) is 14.0 Å². The van der Waals surface area contributed by atoms with Gasteiger partial charge >= 0.3 is 0 Å². The zero-order valence-electron chi connectivity index (χ0n) is 21.5. The van der Waals surface area contributed by atoms with Crippen LogP contribution in [-0.2, 0) is 4.79 Å². The molecule has 0 saturated carbocycles. The smallest absolute Gasteiger partial charge is 0.266 e. The summed E-state index contributed by atoms with van der Waals surface area (Å²) in [6, 6.07) is 12.7. The molecule has 1 amide bonds. The summed E-state index contributed by atoms with van der Waals surface area (Å²) in [6.45, 7) is 8.91. The van der Waals surface area contributed by atoms with Crippen LogP contribution in [0.5, 0.6) is 0 Å². The van der Waals surface area contributed by atoms with E-state index in [1.165, 1.54) is 12.1 Å². The molecular formula is C29H38FN3O2. The van der Waals surface area contributed by atoms with Crippen molar-refractivity contribution in [2.45, 2.75) is 78.7 Å². The van der Waals surface area contributed by atoms with Crippen LogP contribution in [0.1, 0.15) is 84.5 Å². The summed E-state index contributed by atoms with van der Waals surface area (Å²) in [5.74, 6) is 0.196. The van der Waals surface area contributed by atoms with E-state index in [1.54, 1.807) is 22.8 Å². The van der Waals surface area contributed by atoms with Crippen LogP contribution in [0.15, 0.2) is 53.3 Å². The molecule has 2 aromatic carbocycles. The van der Waals surface area contributed by atoms with Gasteiger partial charge in [0, 0.05) is 12.5 Å². The van der Waals surface area contributed by atoms with Crippen molar-refractivity contribution in [2.75, 3.05) is 6.54 Å². The third-order valence-corrected chi connectivity index (χ3v) is 6.76. The number of aromatic nitrogens is 2. The van der Waals surface area contributed by atoms with Crippen LogP contribution in [0.3, 0.4) is 0 Å². The normalized spacial score (nSPS) is 13.1. The molecule has 0 aliphatic heterocycles. The maximum absolute atomic E-state index is 13.8. The Bertz CT molecular complexity index is 1170. The molecular weight excluding hydrogens is 441 g/mol. The van der Waals surface area contributed by atoms with Crippen molar-refractivity contribution in [3.05, 3.63) is 70.5 Å². The van der Waals surface area contributed by atoms with Crippen molar-refractivity contribution in [3.63, 3.8) is 0 Å². The Morgan fingerprint density at radius 1 is 1.00 bits per heavy atom. The number of para-hydroxylation sites is 1. The third kappa shape index (κ3) is 6.16. The van der Waals surface area contributed by atoms with E-state index in [0.29, 0.717) is 29.0 Å². The summed E-state index contributed by atoms with van der Waals surface area (Å²) < 4.78 is 15.2. The highest BCUT2D eigenvalue weighted by molar-refractivity contribution is 5.80. The second-order valence-electron chi connectivity index (χ2n) is 9.27. The highest BCUT2D eigenvalue weighted by Gasteiger charge is 2.30. The molecule has 0 aliphatic carbocycles. The fourth-order valence-corrected chi connectivity index (χ4v) is 4.62. The Balaban J connectivity index is 2.15. The molecule has 1 aromatic heterocycles. The molecule has 0 fully saturated rings. The standard InChI is InChI=1S/C29H38FN3O2/c1-5-8-12-20-32(28(34)22(7-3)13-9-6-2)21(4)27-31-26-15-11-10-14-25(26)29(35)33(27)24-18-16-23(30)17-19-24/h10-11,14-19,21-22H,5-9,12-13,20H2,1-4H3. The molecule has 1 heterocycles. The van der Waals surface area contributed by atoms with Gasteiger partial charge in [-0.2, -0.15) is 0 Å². The van der Waals surface area contributed by atoms with Gasteiger partial charge in [-0.05, 0) is 62.6 Å². The number of rotatable bonds is 12. The van der Waals surface area contributed by atoms with Crippen molar-refractivity contribution < 1.29 is 9.18 Å². The molecule has 0 spiro atoms. The fraction of sp³-hybridized carbons (Fsp3) is 0.483. The van der Waals surface area contributed by atoms with Gasteiger partial charge in [0.25, 0.3) is 5.56 Å². The number of carbonyl (C=O) groups is 1. The van der Waals surface area contributed by atoms with Gasteiger partial charge in [0.05, 0.1) is 22.6 Å². The largest absolute Gasteiger partial charge is 0.333 e. The van der Waals surface area contributed by atoms with Crippen molar-refractivity contribution in [1.29, 1.82) is 0 Å². The van der Waals surface area contributed by atoms with Crippen LogP contribution >= 0.6 is 0 Å². The lowest BCUT2D eigenvalue weighted by molar-refractivity contribution is -0.138. The number of hydrogen-bond donors (Lipinski definition) is 0. The van der Waals surface area contributed by atoms with Gasteiger partial charge in [0.2, 0.25) is 5.91 Å². The first-order chi connectivity index (χ1) is 16.9. The predicted octanol–water partition coefficient (Wildman–Crippen LogP) is 6.82. The number of nitrogens with zero attached hydrogens (tertiary/aromatic N) is 3. The number of carbonyl (C=O) groups excluding carboxylic acids is 1. The minimum Gasteiger partial charge on any atom is -0.333 e. The van der Waals surface area contributed by atoms with Crippen LogP contribution in [0.4, 0.5) is 4.39 Å². The molecule has 35 heavy (non-hydrogen) atoms. The Kier molecular flexibility index (Phi) is 9.58. The highest BCUT2D eigenvalue weighted by atomic mass is 19.1. The molecule has 0 aliphatic rings. The van der Waals surface area contributed by atoms with Crippen LogP contribution in [0.2, 0.25) is 0 Å². The molecule has 0 N–H and O–H groups in total.